The molecule has 0 spiro atoms. The van der Waals surface area contributed by atoms with Gasteiger partial charge in [0.1, 0.15) is 17.3 Å². The summed E-state index contributed by atoms with van der Waals surface area (Å²) in [6, 6.07) is 10.5. The Bertz CT molecular complexity index is 1490. The smallest absolute Gasteiger partial charge is 0.228 e. The highest BCUT2D eigenvalue weighted by Crippen LogP contribution is 2.48. The molecule has 3 fully saturated rings. The number of hydrogen-bond donors (Lipinski definition) is 1. The second-order valence-electron chi connectivity index (χ2n) is 9.49. The Morgan fingerprint density at radius 2 is 1.76 bits per heavy atom. The topological polar surface area (TPSA) is 145 Å². The maximum absolute atomic E-state index is 13.4. The minimum Gasteiger partial charge on any atom is -0.496 e. The van der Waals surface area contributed by atoms with E-state index in [2.05, 4.69) is 5.32 Å². The van der Waals surface area contributed by atoms with E-state index >= 15 is 0 Å². The van der Waals surface area contributed by atoms with Gasteiger partial charge in [0.05, 0.1) is 25.0 Å². The van der Waals surface area contributed by atoms with Gasteiger partial charge in [0.2, 0.25) is 32.3 Å². The first-order chi connectivity index (χ1) is 19.5. The fourth-order valence-electron chi connectivity index (χ4n) is 4.74. The van der Waals surface area contributed by atoms with Crippen LogP contribution in [0.5, 0.6) is 11.5 Å². The third-order valence-electron chi connectivity index (χ3n) is 6.90. The molecule has 3 aliphatic rings. The van der Waals surface area contributed by atoms with Crippen LogP contribution in [0.15, 0.2) is 52.9 Å². The number of sulfone groups is 1. The molecule has 1 atom stereocenters. The predicted molar refractivity (Wildman–Crippen MR) is 148 cm³/mol. The van der Waals surface area contributed by atoms with Crippen molar-refractivity contribution < 1.29 is 41.8 Å². The first kappa shape index (κ1) is 30.2. The molecule has 41 heavy (non-hydrogen) atoms. The number of carbonyl (C=O) groups excluding carboxylic acids is 4. The summed E-state index contributed by atoms with van der Waals surface area (Å²) in [4.78, 5) is 46.0. The zero-order valence-electron chi connectivity index (χ0n) is 22.5. The van der Waals surface area contributed by atoms with Gasteiger partial charge in [-0.25, -0.2) is 8.42 Å². The monoisotopic (exact) mass is 604 g/mol. The normalized spacial score (nSPS) is 21.3. The molecular weight excluding hydrogens is 576 g/mol. The molecule has 2 aromatic rings. The molecule has 3 saturated heterocycles. The van der Waals surface area contributed by atoms with Crippen molar-refractivity contribution in [2.45, 2.75) is 35.4 Å². The third-order valence-corrected chi connectivity index (χ3v) is 9.49. The van der Waals surface area contributed by atoms with E-state index < -0.39 is 32.8 Å². The zero-order valence-corrected chi connectivity index (χ0v) is 24.0. The van der Waals surface area contributed by atoms with Crippen molar-refractivity contribution in [3.63, 3.8) is 0 Å². The van der Waals surface area contributed by atoms with Crippen molar-refractivity contribution >= 4 is 50.9 Å². The SMILES string of the molecule is COCOc1ccc(OC)c(C=C2CN3C(=O)CC3(S(=O)(=O)c3ccc(Cl)cc3)C2=O)c1.O=C1CCNC(=O)CC1. The Balaban J connectivity index is 0.000000367. The van der Waals surface area contributed by atoms with Crippen LogP contribution in [0.3, 0.4) is 0 Å². The number of nitrogens with one attached hydrogen (secondary N) is 1. The van der Waals surface area contributed by atoms with E-state index in [1.54, 1.807) is 18.2 Å². The summed E-state index contributed by atoms with van der Waals surface area (Å²) < 4.78 is 42.6. The molecule has 13 heteroatoms. The van der Waals surface area contributed by atoms with Crippen LogP contribution >= 0.6 is 11.6 Å². The number of β-lactam (4-membered cyclic amide) rings is 1. The van der Waals surface area contributed by atoms with Crippen LogP contribution in [-0.2, 0) is 33.8 Å². The van der Waals surface area contributed by atoms with Crippen LogP contribution in [0.25, 0.3) is 6.08 Å². The lowest BCUT2D eigenvalue weighted by atomic mass is 9.99. The van der Waals surface area contributed by atoms with E-state index in [9.17, 15) is 27.6 Å². The molecule has 0 saturated carbocycles. The average Bonchev–Trinajstić information content (AvgIpc) is 3.03. The van der Waals surface area contributed by atoms with Crippen LogP contribution in [0.1, 0.15) is 31.2 Å². The molecule has 0 radical (unpaired) electrons. The number of ketones is 2. The standard InChI is InChI=1S/C22H20ClNO7S.C6H9NO2/c1-29-13-31-17-5-8-19(30-2)14(10-17)9-15-12-24-20(25)11-22(24,21(15)26)32(27,28)18-6-3-16(23)4-7-18;8-5-1-2-6(9)7-4-3-5/h3-10H,11-13H2,1-2H3;1-4H2,(H,7,9). The molecule has 1 unspecified atom stereocenters. The Labute approximate surface area is 242 Å². The minimum absolute atomic E-state index is 0.000787. The molecule has 5 rings (SSSR count). The average molecular weight is 605 g/mol. The lowest BCUT2D eigenvalue weighted by Crippen LogP contribution is -2.67. The Morgan fingerprint density at radius 3 is 2.41 bits per heavy atom. The first-order valence-electron chi connectivity index (χ1n) is 12.7. The van der Waals surface area contributed by atoms with E-state index in [4.69, 9.17) is 25.8 Å². The lowest BCUT2D eigenvalue weighted by molar-refractivity contribution is -0.150. The van der Waals surface area contributed by atoms with Gasteiger partial charge in [0, 0.05) is 49.1 Å². The summed E-state index contributed by atoms with van der Waals surface area (Å²) in [6.45, 7) is 0.445. The highest BCUT2D eigenvalue weighted by atomic mass is 35.5. The van der Waals surface area contributed by atoms with E-state index in [1.165, 1.54) is 44.6 Å². The molecule has 1 N–H and O–H groups in total. The van der Waals surface area contributed by atoms with E-state index in [0.717, 1.165) is 4.90 Å². The van der Waals surface area contributed by atoms with Crippen LogP contribution < -0.4 is 14.8 Å². The largest absolute Gasteiger partial charge is 0.496 e. The molecule has 2 aromatic carbocycles. The van der Waals surface area contributed by atoms with Crippen LogP contribution in [0, 0.1) is 0 Å². The molecular formula is C28H29ClN2O9S. The predicted octanol–water partition coefficient (Wildman–Crippen LogP) is 2.56. The van der Waals surface area contributed by atoms with Gasteiger partial charge in [0.25, 0.3) is 0 Å². The van der Waals surface area contributed by atoms with Gasteiger partial charge < -0.3 is 24.4 Å². The second-order valence-corrected chi connectivity index (χ2v) is 12.1. The van der Waals surface area contributed by atoms with Crippen LogP contribution in [0.2, 0.25) is 5.02 Å². The third kappa shape index (κ3) is 5.99. The van der Waals surface area contributed by atoms with Crippen molar-refractivity contribution in [2.24, 2.45) is 0 Å². The first-order valence-corrected chi connectivity index (χ1v) is 14.5. The number of carbonyl (C=O) groups is 4. The molecule has 3 heterocycles. The highest BCUT2D eigenvalue weighted by Gasteiger charge is 2.69. The summed E-state index contributed by atoms with van der Waals surface area (Å²) in [5.74, 6) is 0.105. The fourth-order valence-corrected chi connectivity index (χ4v) is 6.89. The summed E-state index contributed by atoms with van der Waals surface area (Å²) in [5, 5.41) is 2.98. The van der Waals surface area contributed by atoms with E-state index in [-0.39, 0.29) is 35.5 Å². The number of amides is 2. The van der Waals surface area contributed by atoms with Crippen LogP contribution in [0.4, 0.5) is 0 Å². The van der Waals surface area contributed by atoms with Gasteiger partial charge in [-0.2, -0.15) is 0 Å². The van der Waals surface area contributed by atoms with Gasteiger partial charge in [-0.3, -0.25) is 19.2 Å². The minimum atomic E-state index is -4.18. The number of hydrogen-bond acceptors (Lipinski definition) is 9. The Hall–Kier alpha value is -3.74. The second kappa shape index (κ2) is 12.4. The van der Waals surface area contributed by atoms with Gasteiger partial charge in [0.15, 0.2) is 6.79 Å². The number of Topliss-reactive ketones (excluding diaryl/α,β-unsaturated/α-hetero) is 2. The number of ether oxygens (including phenoxy) is 3. The van der Waals surface area contributed by atoms with E-state index in [1.807, 2.05) is 0 Å². The van der Waals surface area contributed by atoms with Gasteiger partial charge in [-0.1, -0.05) is 11.6 Å². The summed E-state index contributed by atoms with van der Waals surface area (Å²) in [5.41, 5.74) is 0.703. The molecule has 218 valence electrons. The number of fused-ring (bicyclic) bond motifs is 1. The van der Waals surface area contributed by atoms with Crippen molar-refractivity contribution in [1.82, 2.24) is 10.2 Å². The molecule has 2 amide bonds. The Morgan fingerprint density at radius 1 is 1.02 bits per heavy atom. The van der Waals surface area contributed by atoms with Crippen molar-refractivity contribution in [2.75, 3.05) is 34.1 Å². The Kier molecular flexibility index (Phi) is 9.15. The van der Waals surface area contributed by atoms with Gasteiger partial charge in [-0.05, 0) is 48.5 Å². The number of rotatable bonds is 7. The summed E-state index contributed by atoms with van der Waals surface area (Å²) in [7, 11) is -1.21. The molecule has 11 nitrogen and oxygen atoms in total. The van der Waals surface area contributed by atoms with Crippen molar-refractivity contribution in [1.29, 1.82) is 0 Å². The lowest BCUT2D eigenvalue weighted by Gasteiger charge is -2.44. The van der Waals surface area contributed by atoms with Gasteiger partial charge in [-0.15, -0.1) is 0 Å². The molecule has 0 bridgehead atoms. The maximum Gasteiger partial charge on any atom is 0.228 e. The molecule has 0 aromatic heterocycles. The summed E-state index contributed by atoms with van der Waals surface area (Å²) >= 11 is 5.87. The number of methoxy groups -OCH3 is 2. The van der Waals surface area contributed by atoms with Gasteiger partial charge >= 0.3 is 0 Å². The molecule has 0 aliphatic carbocycles. The maximum atomic E-state index is 13.4. The quantitative estimate of drug-likeness (QED) is 0.286. The van der Waals surface area contributed by atoms with Crippen LogP contribution in [-0.4, -0.2) is 75.7 Å². The van der Waals surface area contributed by atoms with E-state index in [0.29, 0.717) is 47.9 Å². The number of benzene rings is 2. The summed E-state index contributed by atoms with van der Waals surface area (Å²) in [6.07, 6.45) is 2.43. The zero-order chi connectivity index (χ0) is 29.8. The fraction of sp³-hybridized carbons (Fsp3) is 0.357. The highest BCUT2D eigenvalue weighted by molar-refractivity contribution is 7.93. The number of halogens is 1. The van der Waals surface area contributed by atoms with Crippen molar-refractivity contribution in [3.05, 3.63) is 58.6 Å². The van der Waals surface area contributed by atoms with Crippen molar-refractivity contribution in [3.8, 4) is 11.5 Å². The number of nitrogens with zero attached hydrogens (tertiary/aromatic N) is 1. The molecule has 3 aliphatic heterocycles.